The topological polar surface area (TPSA) is 32.8 Å². The van der Waals surface area contributed by atoms with Crippen molar-refractivity contribution in [2.45, 2.75) is 13.0 Å². The maximum Gasteiger partial charge on any atom is 0.337 e. The van der Waals surface area contributed by atoms with Crippen LogP contribution in [0.1, 0.15) is 22.3 Å². The first-order valence-electron chi connectivity index (χ1n) is 6.77. The van der Waals surface area contributed by atoms with Crippen LogP contribution in [0.2, 0.25) is 0 Å². The van der Waals surface area contributed by atoms with E-state index in [2.05, 4.69) is 16.8 Å². The van der Waals surface area contributed by atoms with Crippen LogP contribution >= 0.6 is 0 Å². The highest BCUT2D eigenvalue weighted by atomic mass is 16.5. The first-order chi connectivity index (χ1) is 9.19. The predicted molar refractivity (Wildman–Crippen MR) is 75.2 cm³/mol. The van der Waals surface area contributed by atoms with Gasteiger partial charge in [0, 0.05) is 19.6 Å². The van der Waals surface area contributed by atoms with Crippen molar-refractivity contribution < 1.29 is 9.53 Å². The number of hydrogen-bond acceptors (Lipinski definition) is 4. The van der Waals surface area contributed by atoms with Gasteiger partial charge in [0.05, 0.1) is 12.7 Å². The standard InChI is InChI=1S/C15H22N2O2/c1-16-8-3-9-17(11-10-16)12-13-4-6-14(7-5-13)15(18)19-2/h4-7H,3,8-12H2,1-2H3. The lowest BCUT2D eigenvalue weighted by atomic mass is 10.1. The summed E-state index contributed by atoms with van der Waals surface area (Å²) in [5.41, 5.74) is 1.86. The zero-order chi connectivity index (χ0) is 13.7. The van der Waals surface area contributed by atoms with Gasteiger partial charge in [0.15, 0.2) is 0 Å². The highest BCUT2D eigenvalue weighted by Crippen LogP contribution is 2.10. The number of carbonyl (C=O) groups is 1. The summed E-state index contributed by atoms with van der Waals surface area (Å²) in [6.07, 6.45) is 1.22. The summed E-state index contributed by atoms with van der Waals surface area (Å²) in [5.74, 6) is -0.275. The maximum atomic E-state index is 11.4. The van der Waals surface area contributed by atoms with Crippen molar-refractivity contribution in [1.82, 2.24) is 9.80 Å². The van der Waals surface area contributed by atoms with Crippen LogP contribution in [-0.4, -0.2) is 56.1 Å². The molecule has 0 aromatic heterocycles. The summed E-state index contributed by atoms with van der Waals surface area (Å²) in [7, 11) is 3.58. The van der Waals surface area contributed by atoms with E-state index in [1.54, 1.807) is 0 Å². The third kappa shape index (κ3) is 4.04. The summed E-state index contributed by atoms with van der Waals surface area (Å²) in [6.45, 7) is 5.51. The summed E-state index contributed by atoms with van der Waals surface area (Å²) in [6, 6.07) is 7.71. The number of methoxy groups -OCH3 is 1. The molecule has 0 radical (unpaired) electrons. The second-order valence-electron chi connectivity index (χ2n) is 5.12. The van der Waals surface area contributed by atoms with E-state index >= 15 is 0 Å². The van der Waals surface area contributed by atoms with E-state index in [4.69, 9.17) is 4.74 Å². The third-order valence-electron chi connectivity index (χ3n) is 3.59. The van der Waals surface area contributed by atoms with Gasteiger partial charge < -0.3 is 9.64 Å². The van der Waals surface area contributed by atoms with Gasteiger partial charge in [-0.25, -0.2) is 4.79 Å². The second kappa shape index (κ2) is 6.68. The molecule has 0 bridgehead atoms. The Morgan fingerprint density at radius 2 is 1.89 bits per heavy atom. The van der Waals surface area contributed by atoms with Gasteiger partial charge in [-0.1, -0.05) is 12.1 Å². The summed E-state index contributed by atoms with van der Waals surface area (Å²) >= 11 is 0. The normalized spacial score (nSPS) is 18.0. The van der Waals surface area contributed by atoms with Crippen molar-refractivity contribution in [3.8, 4) is 0 Å². The lowest BCUT2D eigenvalue weighted by molar-refractivity contribution is 0.0600. The second-order valence-corrected chi connectivity index (χ2v) is 5.12. The zero-order valence-corrected chi connectivity index (χ0v) is 11.8. The molecule has 1 fully saturated rings. The minimum atomic E-state index is -0.275. The monoisotopic (exact) mass is 262 g/mol. The molecule has 0 N–H and O–H groups in total. The zero-order valence-electron chi connectivity index (χ0n) is 11.8. The molecular formula is C15H22N2O2. The fourth-order valence-electron chi connectivity index (χ4n) is 2.38. The Balaban J connectivity index is 1.93. The molecular weight excluding hydrogens is 240 g/mol. The van der Waals surface area contributed by atoms with Crippen LogP contribution in [0.4, 0.5) is 0 Å². The molecule has 0 atom stereocenters. The van der Waals surface area contributed by atoms with Gasteiger partial charge in [-0.3, -0.25) is 4.90 Å². The van der Waals surface area contributed by atoms with E-state index in [1.807, 2.05) is 24.3 Å². The molecule has 4 heteroatoms. The number of likely N-dealkylation sites (N-methyl/N-ethyl adjacent to an activating group) is 1. The largest absolute Gasteiger partial charge is 0.465 e. The number of carbonyl (C=O) groups excluding carboxylic acids is 1. The quantitative estimate of drug-likeness (QED) is 0.775. The van der Waals surface area contributed by atoms with Gasteiger partial charge in [0.25, 0.3) is 0 Å². The van der Waals surface area contributed by atoms with E-state index in [1.165, 1.54) is 25.6 Å². The molecule has 1 aliphatic heterocycles. The molecule has 1 aromatic carbocycles. The Kier molecular flexibility index (Phi) is 4.93. The van der Waals surface area contributed by atoms with Gasteiger partial charge in [-0.2, -0.15) is 0 Å². The van der Waals surface area contributed by atoms with E-state index in [0.29, 0.717) is 5.56 Å². The average molecular weight is 262 g/mol. The van der Waals surface area contributed by atoms with Crippen LogP contribution in [0.3, 0.4) is 0 Å². The fraction of sp³-hybridized carbons (Fsp3) is 0.533. The third-order valence-corrected chi connectivity index (χ3v) is 3.59. The lowest BCUT2D eigenvalue weighted by Crippen LogP contribution is -2.28. The average Bonchev–Trinajstić information content (AvgIpc) is 2.64. The first kappa shape index (κ1) is 14.0. The molecule has 1 heterocycles. The van der Waals surface area contributed by atoms with Crippen LogP contribution in [-0.2, 0) is 11.3 Å². The molecule has 4 nitrogen and oxygen atoms in total. The van der Waals surface area contributed by atoms with E-state index in [-0.39, 0.29) is 5.97 Å². The molecule has 1 saturated heterocycles. The van der Waals surface area contributed by atoms with Crippen LogP contribution in [0, 0.1) is 0 Å². The van der Waals surface area contributed by atoms with Gasteiger partial charge in [-0.05, 0) is 44.3 Å². The van der Waals surface area contributed by atoms with Gasteiger partial charge in [0.2, 0.25) is 0 Å². The number of nitrogens with zero attached hydrogens (tertiary/aromatic N) is 2. The van der Waals surface area contributed by atoms with Crippen LogP contribution < -0.4 is 0 Å². The Labute approximate surface area is 115 Å². The van der Waals surface area contributed by atoms with Crippen molar-refractivity contribution in [2.24, 2.45) is 0 Å². The molecule has 1 aliphatic rings. The van der Waals surface area contributed by atoms with Crippen molar-refractivity contribution >= 4 is 5.97 Å². The van der Waals surface area contributed by atoms with Crippen molar-refractivity contribution in [3.05, 3.63) is 35.4 Å². The van der Waals surface area contributed by atoms with Gasteiger partial charge in [-0.15, -0.1) is 0 Å². The van der Waals surface area contributed by atoms with Crippen LogP contribution in [0.5, 0.6) is 0 Å². The molecule has 0 amide bonds. The van der Waals surface area contributed by atoms with Crippen LogP contribution in [0.25, 0.3) is 0 Å². The lowest BCUT2D eigenvalue weighted by Gasteiger charge is -2.20. The Morgan fingerprint density at radius 3 is 2.58 bits per heavy atom. The molecule has 2 rings (SSSR count). The van der Waals surface area contributed by atoms with Crippen molar-refractivity contribution in [1.29, 1.82) is 0 Å². The minimum Gasteiger partial charge on any atom is -0.465 e. The van der Waals surface area contributed by atoms with Crippen molar-refractivity contribution in [3.63, 3.8) is 0 Å². The number of benzene rings is 1. The van der Waals surface area contributed by atoms with Crippen molar-refractivity contribution in [2.75, 3.05) is 40.3 Å². The summed E-state index contributed by atoms with van der Waals surface area (Å²) < 4.78 is 4.70. The number of esters is 1. The fourth-order valence-corrected chi connectivity index (χ4v) is 2.38. The van der Waals surface area contributed by atoms with Gasteiger partial charge in [0.1, 0.15) is 0 Å². The van der Waals surface area contributed by atoms with E-state index in [0.717, 1.165) is 26.2 Å². The Bertz CT molecular complexity index is 417. The molecule has 0 aliphatic carbocycles. The molecule has 0 spiro atoms. The minimum absolute atomic E-state index is 0.275. The SMILES string of the molecule is COC(=O)c1ccc(CN2CCCN(C)CC2)cc1. The Hall–Kier alpha value is -1.39. The smallest absolute Gasteiger partial charge is 0.337 e. The van der Waals surface area contributed by atoms with E-state index < -0.39 is 0 Å². The molecule has 0 unspecified atom stereocenters. The number of ether oxygens (including phenoxy) is 1. The van der Waals surface area contributed by atoms with E-state index in [9.17, 15) is 4.79 Å². The summed E-state index contributed by atoms with van der Waals surface area (Å²) in [5, 5.41) is 0. The first-order valence-corrected chi connectivity index (χ1v) is 6.77. The molecule has 0 saturated carbocycles. The number of rotatable bonds is 3. The molecule has 104 valence electrons. The number of hydrogen-bond donors (Lipinski definition) is 0. The highest BCUT2D eigenvalue weighted by molar-refractivity contribution is 5.89. The predicted octanol–water partition coefficient (Wildman–Crippen LogP) is 1.61. The maximum absolute atomic E-state index is 11.4. The summed E-state index contributed by atoms with van der Waals surface area (Å²) in [4.78, 5) is 16.2. The molecule has 19 heavy (non-hydrogen) atoms. The Morgan fingerprint density at radius 1 is 1.16 bits per heavy atom. The highest BCUT2D eigenvalue weighted by Gasteiger charge is 2.12. The van der Waals surface area contributed by atoms with Crippen LogP contribution in [0.15, 0.2) is 24.3 Å². The molecule has 1 aromatic rings. The van der Waals surface area contributed by atoms with Gasteiger partial charge >= 0.3 is 5.97 Å².